The number of aromatic nitrogens is 1. The Morgan fingerprint density at radius 2 is 2.15 bits per heavy atom. The molecule has 1 aromatic carbocycles. The molecule has 0 radical (unpaired) electrons. The molecule has 0 atom stereocenters. The minimum atomic E-state index is -0.199. The van der Waals surface area contributed by atoms with E-state index in [0.29, 0.717) is 0 Å². The molecule has 1 aromatic heterocycles. The molecule has 2 aromatic rings. The van der Waals surface area contributed by atoms with E-state index in [1.165, 1.54) is 10.9 Å². The van der Waals surface area contributed by atoms with Crippen LogP contribution < -0.4 is 5.32 Å². The van der Waals surface area contributed by atoms with E-state index in [4.69, 9.17) is 4.74 Å². The first kappa shape index (κ1) is 14.6. The van der Waals surface area contributed by atoms with E-state index in [2.05, 4.69) is 24.4 Å². The zero-order chi connectivity index (χ0) is 14.5. The second-order valence-electron chi connectivity index (χ2n) is 5.11. The minimum Gasteiger partial charge on any atom is -0.462 e. The first-order valence-electron chi connectivity index (χ1n) is 7.08. The maximum absolute atomic E-state index is 11.8. The van der Waals surface area contributed by atoms with Crippen LogP contribution in [0.1, 0.15) is 26.3 Å². The number of carbonyl (C=O) groups excluding carboxylic acids is 1. The van der Waals surface area contributed by atoms with E-state index in [-0.39, 0.29) is 18.6 Å². The van der Waals surface area contributed by atoms with Gasteiger partial charge in [-0.1, -0.05) is 19.1 Å². The summed E-state index contributed by atoms with van der Waals surface area (Å²) in [5.41, 5.74) is 2.32. The molecule has 0 bridgehead atoms. The Labute approximate surface area is 119 Å². The summed E-state index contributed by atoms with van der Waals surface area (Å²) in [6.07, 6.45) is 1.87. The minimum absolute atomic E-state index is 0.0753. The van der Waals surface area contributed by atoms with Crippen molar-refractivity contribution in [3.8, 4) is 0 Å². The second kappa shape index (κ2) is 6.57. The largest absolute Gasteiger partial charge is 0.462 e. The predicted molar refractivity (Wildman–Crippen MR) is 80.5 cm³/mol. The topological polar surface area (TPSA) is 43.3 Å². The highest BCUT2D eigenvalue weighted by atomic mass is 16.5. The fraction of sp³-hybridized carbons (Fsp3) is 0.438. The van der Waals surface area contributed by atoms with Crippen LogP contribution in [0.4, 0.5) is 0 Å². The predicted octanol–water partition coefficient (Wildman–Crippen LogP) is 2.70. The number of esters is 1. The highest BCUT2D eigenvalue weighted by Gasteiger charge is 2.10. The Kier molecular flexibility index (Phi) is 4.79. The molecule has 0 saturated heterocycles. The zero-order valence-electron chi connectivity index (χ0n) is 12.3. The highest BCUT2D eigenvalue weighted by Crippen LogP contribution is 2.20. The van der Waals surface area contributed by atoms with Crippen LogP contribution in [-0.2, 0) is 22.6 Å². The van der Waals surface area contributed by atoms with Crippen LogP contribution in [0.5, 0.6) is 0 Å². The third-order valence-electron chi connectivity index (χ3n) is 3.14. The number of hydrogen-bond donors (Lipinski definition) is 1. The summed E-state index contributed by atoms with van der Waals surface area (Å²) < 4.78 is 7.14. The van der Waals surface area contributed by atoms with Gasteiger partial charge in [-0.2, -0.15) is 0 Å². The molecule has 1 heterocycles. The van der Waals surface area contributed by atoms with Crippen molar-refractivity contribution in [3.63, 3.8) is 0 Å². The zero-order valence-corrected chi connectivity index (χ0v) is 12.3. The Morgan fingerprint density at radius 3 is 2.85 bits per heavy atom. The quantitative estimate of drug-likeness (QED) is 0.824. The SMILES string of the molecule is CCNCc1cccc2c1ccn2CC(=O)OC(C)C. The van der Waals surface area contributed by atoms with Crippen LogP contribution in [-0.4, -0.2) is 23.2 Å². The summed E-state index contributed by atoms with van der Waals surface area (Å²) >= 11 is 0. The van der Waals surface area contributed by atoms with Gasteiger partial charge in [0.2, 0.25) is 0 Å². The van der Waals surface area contributed by atoms with Gasteiger partial charge in [-0.3, -0.25) is 4.79 Å². The van der Waals surface area contributed by atoms with Gasteiger partial charge < -0.3 is 14.6 Å². The molecule has 0 spiro atoms. The number of nitrogens with zero attached hydrogens (tertiary/aromatic N) is 1. The van der Waals surface area contributed by atoms with Crippen molar-refractivity contribution in [2.24, 2.45) is 0 Å². The lowest BCUT2D eigenvalue weighted by Gasteiger charge is -2.10. The van der Waals surface area contributed by atoms with Crippen molar-refractivity contribution >= 4 is 16.9 Å². The molecular weight excluding hydrogens is 252 g/mol. The monoisotopic (exact) mass is 274 g/mol. The van der Waals surface area contributed by atoms with Gasteiger partial charge in [0.25, 0.3) is 0 Å². The maximum atomic E-state index is 11.8. The number of rotatable bonds is 6. The van der Waals surface area contributed by atoms with Crippen LogP contribution in [0.15, 0.2) is 30.5 Å². The number of hydrogen-bond acceptors (Lipinski definition) is 3. The summed E-state index contributed by atoms with van der Waals surface area (Å²) in [7, 11) is 0. The summed E-state index contributed by atoms with van der Waals surface area (Å²) in [5.74, 6) is -0.199. The summed E-state index contributed by atoms with van der Waals surface area (Å²) in [6.45, 7) is 7.85. The maximum Gasteiger partial charge on any atom is 0.326 e. The van der Waals surface area contributed by atoms with Gasteiger partial charge in [-0.15, -0.1) is 0 Å². The molecule has 2 rings (SSSR count). The third kappa shape index (κ3) is 3.39. The molecule has 4 nitrogen and oxygen atoms in total. The fourth-order valence-corrected chi connectivity index (χ4v) is 2.28. The van der Waals surface area contributed by atoms with E-state index in [1.807, 2.05) is 36.7 Å². The van der Waals surface area contributed by atoms with Crippen molar-refractivity contribution in [2.45, 2.75) is 40.0 Å². The van der Waals surface area contributed by atoms with Crippen LogP contribution in [0.2, 0.25) is 0 Å². The number of fused-ring (bicyclic) bond motifs is 1. The Morgan fingerprint density at radius 1 is 1.35 bits per heavy atom. The molecule has 0 fully saturated rings. The fourth-order valence-electron chi connectivity index (χ4n) is 2.28. The molecule has 0 aliphatic rings. The van der Waals surface area contributed by atoms with Crippen LogP contribution in [0, 0.1) is 0 Å². The van der Waals surface area contributed by atoms with Gasteiger partial charge in [0.15, 0.2) is 0 Å². The van der Waals surface area contributed by atoms with Crippen molar-refractivity contribution < 1.29 is 9.53 Å². The highest BCUT2D eigenvalue weighted by molar-refractivity contribution is 5.85. The lowest BCUT2D eigenvalue weighted by molar-refractivity contribution is -0.148. The lowest BCUT2D eigenvalue weighted by Crippen LogP contribution is -2.17. The van der Waals surface area contributed by atoms with Crippen LogP contribution in [0.3, 0.4) is 0 Å². The van der Waals surface area contributed by atoms with Crippen molar-refractivity contribution in [1.29, 1.82) is 0 Å². The smallest absolute Gasteiger partial charge is 0.326 e. The second-order valence-corrected chi connectivity index (χ2v) is 5.11. The Balaban J connectivity index is 2.21. The van der Waals surface area contributed by atoms with Gasteiger partial charge in [0, 0.05) is 23.6 Å². The number of ether oxygens (including phenoxy) is 1. The summed E-state index contributed by atoms with van der Waals surface area (Å²) in [6, 6.07) is 8.24. The number of carbonyl (C=O) groups is 1. The molecule has 1 N–H and O–H groups in total. The Hall–Kier alpha value is -1.81. The van der Waals surface area contributed by atoms with E-state index in [1.54, 1.807) is 0 Å². The van der Waals surface area contributed by atoms with Crippen molar-refractivity contribution in [2.75, 3.05) is 6.54 Å². The molecule has 0 aliphatic heterocycles. The molecule has 0 aliphatic carbocycles. The molecule has 0 unspecified atom stereocenters. The lowest BCUT2D eigenvalue weighted by atomic mass is 10.1. The molecule has 0 saturated carbocycles. The van der Waals surface area contributed by atoms with Gasteiger partial charge in [-0.05, 0) is 38.1 Å². The van der Waals surface area contributed by atoms with E-state index in [0.717, 1.165) is 18.6 Å². The van der Waals surface area contributed by atoms with Crippen LogP contribution in [0.25, 0.3) is 10.9 Å². The average molecular weight is 274 g/mol. The van der Waals surface area contributed by atoms with Gasteiger partial charge in [-0.25, -0.2) is 0 Å². The van der Waals surface area contributed by atoms with E-state index >= 15 is 0 Å². The van der Waals surface area contributed by atoms with Crippen LogP contribution >= 0.6 is 0 Å². The van der Waals surface area contributed by atoms with Crippen molar-refractivity contribution in [3.05, 3.63) is 36.0 Å². The van der Waals surface area contributed by atoms with Gasteiger partial charge >= 0.3 is 5.97 Å². The summed E-state index contributed by atoms with van der Waals surface area (Å²) in [4.78, 5) is 11.8. The van der Waals surface area contributed by atoms with Gasteiger partial charge in [0.05, 0.1) is 6.10 Å². The van der Waals surface area contributed by atoms with E-state index < -0.39 is 0 Å². The first-order valence-corrected chi connectivity index (χ1v) is 7.08. The third-order valence-corrected chi connectivity index (χ3v) is 3.14. The molecule has 20 heavy (non-hydrogen) atoms. The summed E-state index contributed by atoms with van der Waals surface area (Å²) in [5, 5.41) is 4.52. The van der Waals surface area contributed by atoms with E-state index in [9.17, 15) is 4.79 Å². The van der Waals surface area contributed by atoms with Gasteiger partial charge in [0.1, 0.15) is 6.54 Å². The molecule has 0 amide bonds. The first-order chi connectivity index (χ1) is 9.61. The average Bonchev–Trinajstić information content (AvgIpc) is 2.79. The normalized spacial score (nSPS) is 11.2. The van der Waals surface area contributed by atoms with Crippen molar-refractivity contribution in [1.82, 2.24) is 9.88 Å². The number of nitrogens with one attached hydrogen (secondary N) is 1. The number of benzene rings is 1. The molecular formula is C16H22N2O2. The molecule has 108 valence electrons. The standard InChI is InChI=1S/C16H22N2O2/c1-4-17-10-13-6-5-7-15-14(13)8-9-18(15)11-16(19)20-12(2)3/h5-9,12,17H,4,10-11H2,1-3H3. The Bertz CT molecular complexity index is 587. The molecule has 4 heteroatoms.